The average Bonchev–Trinajstić information content (AvgIpc) is 3.07. The Morgan fingerprint density at radius 3 is 2.83 bits per heavy atom. The molecule has 1 amide bonds. The molecule has 1 aromatic carbocycles. The zero-order valence-electron chi connectivity index (χ0n) is 14.1. The summed E-state index contributed by atoms with van der Waals surface area (Å²) in [6.07, 6.45) is 3.45. The van der Waals surface area contributed by atoms with E-state index in [1.165, 1.54) is 30.2 Å². The molecule has 24 heavy (non-hydrogen) atoms. The van der Waals surface area contributed by atoms with Gasteiger partial charge in [0, 0.05) is 13.7 Å². The lowest BCUT2D eigenvalue weighted by Crippen LogP contribution is -2.28. The van der Waals surface area contributed by atoms with E-state index in [1.54, 1.807) is 11.8 Å². The summed E-state index contributed by atoms with van der Waals surface area (Å²) >= 11 is 1.31. The Kier molecular flexibility index (Phi) is 7.70. The van der Waals surface area contributed by atoms with Crippen molar-refractivity contribution in [3.8, 4) is 5.69 Å². The van der Waals surface area contributed by atoms with E-state index in [0.717, 1.165) is 12.1 Å². The molecule has 0 aliphatic heterocycles. The number of carbonyl (C=O) groups is 1. The summed E-state index contributed by atoms with van der Waals surface area (Å²) in [5.41, 5.74) is 2.20. The van der Waals surface area contributed by atoms with Crippen LogP contribution in [0.5, 0.6) is 0 Å². The van der Waals surface area contributed by atoms with Crippen molar-refractivity contribution in [1.82, 2.24) is 25.5 Å². The molecule has 0 aliphatic rings. The van der Waals surface area contributed by atoms with E-state index >= 15 is 0 Å². The zero-order chi connectivity index (χ0) is 17.2. The highest BCUT2D eigenvalue weighted by atomic mass is 32.2. The van der Waals surface area contributed by atoms with Crippen LogP contribution in [0.15, 0.2) is 29.4 Å². The van der Waals surface area contributed by atoms with Gasteiger partial charge in [0.15, 0.2) is 0 Å². The first-order valence-electron chi connectivity index (χ1n) is 8.00. The summed E-state index contributed by atoms with van der Waals surface area (Å²) in [6, 6.07) is 8.20. The van der Waals surface area contributed by atoms with Crippen molar-refractivity contribution in [2.45, 2.75) is 31.3 Å². The number of nitrogens with one attached hydrogen (secondary N) is 1. The van der Waals surface area contributed by atoms with Crippen LogP contribution in [0.3, 0.4) is 0 Å². The monoisotopic (exact) mass is 349 g/mol. The molecule has 0 spiro atoms. The molecule has 0 atom stereocenters. The zero-order valence-corrected chi connectivity index (χ0v) is 14.9. The number of methoxy groups -OCH3 is 1. The van der Waals surface area contributed by atoms with Gasteiger partial charge in [0.1, 0.15) is 0 Å². The van der Waals surface area contributed by atoms with E-state index in [2.05, 4.69) is 39.9 Å². The fourth-order valence-corrected chi connectivity index (χ4v) is 2.81. The van der Waals surface area contributed by atoms with Crippen molar-refractivity contribution in [3.63, 3.8) is 0 Å². The minimum Gasteiger partial charge on any atom is -0.383 e. The highest BCUT2D eigenvalue weighted by Gasteiger charge is 2.11. The first kappa shape index (κ1) is 18.4. The third kappa shape index (κ3) is 5.61. The van der Waals surface area contributed by atoms with E-state index in [-0.39, 0.29) is 11.7 Å². The molecule has 0 aliphatic carbocycles. The number of unbranched alkanes of at least 4 members (excludes halogenated alkanes) is 1. The summed E-state index contributed by atoms with van der Waals surface area (Å²) < 4.78 is 6.55. The van der Waals surface area contributed by atoms with Crippen LogP contribution in [-0.2, 0) is 16.0 Å². The van der Waals surface area contributed by atoms with Crippen LogP contribution >= 0.6 is 11.8 Å². The predicted molar refractivity (Wildman–Crippen MR) is 93.4 cm³/mol. The summed E-state index contributed by atoms with van der Waals surface area (Å²) in [6.45, 7) is 3.18. The van der Waals surface area contributed by atoms with E-state index in [4.69, 9.17) is 4.74 Å². The van der Waals surface area contributed by atoms with Gasteiger partial charge in [-0.05, 0) is 41.0 Å². The molecule has 2 aromatic rings. The first-order chi connectivity index (χ1) is 11.7. The molecule has 0 saturated carbocycles. The number of aromatic nitrogens is 4. The van der Waals surface area contributed by atoms with Gasteiger partial charge in [0.25, 0.3) is 0 Å². The Morgan fingerprint density at radius 1 is 1.33 bits per heavy atom. The van der Waals surface area contributed by atoms with Crippen LogP contribution in [-0.4, -0.2) is 52.1 Å². The van der Waals surface area contributed by atoms with Gasteiger partial charge in [0.05, 0.1) is 18.0 Å². The van der Waals surface area contributed by atoms with Crippen LogP contribution < -0.4 is 5.32 Å². The second-order valence-electron chi connectivity index (χ2n) is 5.27. The quantitative estimate of drug-likeness (QED) is 0.521. The molecule has 8 heteroatoms. The number of ether oxygens (including phenoxy) is 1. The van der Waals surface area contributed by atoms with Gasteiger partial charge >= 0.3 is 0 Å². The largest absolute Gasteiger partial charge is 0.383 e. The molecule has 0 unspecified atom stereocenters. The van der Waals surface area contributed by atoms with Gasteiger partial charge in [-0.1, -0.05) is 37.2 Å². The van der Waals surface area contributed by atoms with Crippen molar-refractivity contribution in [3.05, 3.63) is 29.8 Å². The molecule has 1 heterocycles. The molecule has 1 aromatic heterocycles. The number of carbonyl (C=O) groups excluding carboxylic acids is 1. The maximum atomic E-state index is 11.7. The fourth-order valence-electron chi connectivity index (χ4n) is 2.09. The van der Waals surface area contributed by atoms with Gasteiger partial charge in [-0.25, -0.2) is 0 Å². The average molecular weight is 349 g/mol. The number of aryl methyl sites for hydroxylation is 1. The molecule has 0 bridgehead atoms. The lowest BCUT2D eigenvalue weighted by atomic mass is 10.1. The first-order valence-corrected chi connectivity index (χ1v) is 8.99. The lowest BCUT2D eigenvalue weighted by molar-refractivity contribution is -0.118. The Hall–Kier alpha value is -1.93. The van der Waals surface area contributed by atoms with Gasteiger partial charge in [-0.2, -0.15) is 4.68 Å². The maximum Gasteiger partial charge on any atom is 0.230 e. The minimum atomic E-state index is -0.0680. The third-order valence-corrected chi connectivity index (χ3v) is 4.32. The van der Waals surface area contributed by atoms with Gasteiger partial charge < -0.3 is 10.1 Å². The molecule has 130 valence electrons. The van der Waals surface area contributed by atoms with Crippen LogP contribution in [0, 0.1) is 0 Å². The van der Waals surface area contributed by atoms with Crippen molar-refractivity contribution in [2.75, 3.05) is 26.0 Å². The molecular formula is C16H23N5O2S. The van der Waals surface area contributed by atoms with Crippen LogP contribution in [0.4, 0.5) is 0 Å². The second-order valence-corrected chi connectivity index (χ2v) is 6.22. The number of nitrogens with zero attached hydrogens (tertiary/aromatic N) is 4. The fraction of sp³-hybridized carbons (Fsp3) is 0.500. The Morgan fingerprint density at radius 2 is 2.12 bits per heavy atom. The van der Waals surface area contributed by atoms with E-state index < -0.39 is 0 Å². The Labute approximate surface area is 146 Å². The molecular weight excluding hydrogens is 326 g/mol. The molecule has 7 nitrogen and oxygen atoms in total. The summed E-state index contributed by atoms with van der Waals surface area (Å²) in [5, 5.41) is 15.1. The second kappa shape index (κ2) is 10.0. The lowest BCUT2D eigenvalue weighted by Gasteiger charge is -2.06. The molecule has 0 radical (unpaired) electrons. The number of tetrazole rings is 1. The molecule has 0 fully saturated rings. The van der Waals surface area contributed by atoms with Gasteiger partial charge in [0.2, 0.25) is 11.1 Å². The number of rotatable bonds is 10. The van der Waals surface area contributed by atoms with Crippen LogP contribution in [0.25, 0.3) is 5.69 Å². The standard InChI is InChI=1S/C16H23N5O2S/c1-3-4-5-13-6-8-14(9-7-13)21-16(18-19-20-21)24-12-15(22)17-10-11-23-2/h6-9H,3-5,10-12H2,1-2H3,(H,17,22). The highest BCUT2D eigenvalue weighted by molar-refractivity contribution is 7.99. The predicted octanol–water partition coefficient (Wildman–Crippen LogP) is 1.86. The minimum absolute atomic E-state index is 0.0680. The third-order valence-electron chi connectivity index (χ3n) is 3.40. The van der Waals surface area contributed by atoms with E-state index in [1.807, 2.05) is 12.1 Å². The Bertz CT molecular complexity index is 630. The summed E-state index contributed by atoms with van der Waals surface area (Å²) in [5.74, 6) is 0.195. The van der Waals surface area contributed by atoms with Crippen LogP contribution in [0.2, 0.25) is 0 Å². The summed E-state index contributed by atoms with van der Waals surface area (Å²) in [4.78, 5) is 11.7. The highest BCUT2D eigenvalue weighted by Crippen LogP contribution is 2.18. The molecule has 0 saturated heterocycles. The van der Waals surface area contributed by atoms with E-state index in [0.29, 0.717) is 18.3 Å². The van der Waals surface area contributed by atoms with Gasteiger partial charge in [-0.15, -0.1) is 5.10 Å². The molecule has 2 rings (SSSR count). The number of amides is 1. The summed E-state index contributed by atoms with van der Waals surface area (Å²) in [7, 11) is 1.60. The smallest absolute Gasteiger partial charge is 0.230 e. The number of benzene rings is 1. The maximum absolute atomic E-state index is 11.7. The van der Waals surface area contributed by atoms with E-state index in [9.17, 15) is 4.79 Å². The van der Waals surface area contributed by atoms with Crippen molar-refractivity contribution >= 4 is 17.7 Å². The van der Waals surface area contributed by atoms with Gasteiger partial charge in [-0.3, -0.25) is 4.79 Å². The topological polar surface area (TPSA) is 81.9 Å². The number of hydrogen-bond donors (Lipinski definition) is 1. The van der Waals surface area contributed by atoms with Crippen molar-refractivity contribution in [2.24, 2.45) is 0 Å². The number of hydrogen-bond acceptors (Lipinski definition) is 6. The van der Waals surface area contributed by atoms with Crippen molar-refractivity contribution in [1.29, 1.82) is 0 Å². The SMILES string of the molecule is CCCCc1ccc(-n2nnnc2SCC(=O)NCCOC)cc1. The number of thioether (sulfide) groups is 1. The van der Waals surface area contributed by atoms with Crippen molar-refractivity contribution < 1.29 is 9.53 Å². The van der Waals surface area contributed by atoms with Crippen LogP contribution in [0.1, 0.15) is 25.3 Å². The normalized spacial score (nSPS) is 10.8. The molecule has 1 N–H and O–H groups in total. The Balaban J connectivity index is 1.93.